The molecule has 0 atom stereocenters. The Morgan fingerprint density at radius 1 is 1.35 bits per heavy atom. The molecule has 0 radical (unpaired) electrons. The fraction of sp³-hybridized carbons (Fsp3) is 0.357. The molecule has 0 aliphatic rings. The smallest absolute Gasteiger partial charge is 0.244 e. The van der Waals surface area contributed by atoms with Gasteiger partial charge in [-0.1, -0.05) is 29.8 Å². The summed E-state index contributed by atoms with van der Waals surface area (Å²) in [7, 11) is 1.67. The van der Waals surface area contributed by atoms with Crippen LogP contribution in [-0.4, -0.2) is 13.0 Å². The molecule has 1 aromatic carbocycles. The Labute approximate surface area is 102 Å². The molecule has 17 heavy (non-hydrogen) atoms. The minimum Gasteiger partial charge on any atom is -0.380 e. The van der Waals surface area contributed by atoms with Gasteiger partial charge in [-0.15, -0.1) is 0 Å². The van der Waals surface area contributed by atoms with Crippen molar-refractivity contribution >= 4 is 5.91 Å². The van der Waals surface area contributed by atoms with Gasteiger partial charge in [-0.2, -0.15) is 0 Å². The molecule has 0 fully saturated rings. The summed E-state index contributed by atoms with van der Waals surface area (Å²) in [5.41, 5.74) is 3.19. The minimum absolute atomic E-state index is 0.0536. The molecule has 3 heteroatoms. The topological polar surface area (TPSA) is 38.3 Å². The Morgan fingerprint density at radius 2 is 2.06 bits per heavy atom. The molecule has 0 saturated heterocycles. The number of amides is 1. The molecule has 1 amide bonds. The molecule has 0 aliphatic carbocycles. The quantitative estimate of drug-likeness (QED) is 0.793. The third-order valence-electron chi connectivity index (χ3n) is 2.19. The van der Waals surface area contributed by atoms with Crippen LogP contribution in [0.4, 0.5) is 0 Å². The highest BCUT2D eigenvalue weighted by molar-refractivity contribution is 5.87. The Balaban J connectivity index is 2.54. The molecule has 0 spiro atoms. The fourth-order valence-corrected chi connectivity index (χ4v) is 1.50. The molecule has 92 valence electrons. The third-order valence-corrected chi connectivity index (χ3v) is 2.19. The average molecular weight is 233 g/mol. The lowest BCUT2D eigenvalue weighted by Gasteiger charge is -2.05. The van der Waals surface area contributed by atoms with Gasteiger partial charge in [0.25, 0.3) is 0 Å². The van der Waals surface area contributed by atoms with Crippen LogP contribution in [0.25, 0.3) is 0 Å². The predicted octanol–water partition coefficient (Wildman–Crippen LogP) is 2.42. The fourth-order valence-electron chi connectivity index (χ4n) is 1.50. The van der Waals surface area contributed by atoms with Crippen molar-refractivity contribution in [2.75, 3.05) is 7.11 Å². The summed E-state index contributed by atoms with van der Waals surface area (Å²) in [6.07, 6.45) is 1.60. The SMILES string of the molecule is COCc1cccc(CNC(=O)C=C(C)C)c1. The van der Waals surface area contributed by atoms with Crippen molar-refractivity contribution in [1.82, 2.24) is 5.32 Å². The normalized spacial score (nSPS) is 9.82. The molecule has 1 N–H and O–H groups in total. The van der Waals surface area contributed by atoms with Gasteiger partial charge < -0.3 is 10.1 Å². The van der Waals surface area contributed by atoms with E-state index in [1.54, 1.807) is 13.2 Å². The van der Waals surface area contributed by atoms with Gasteiger partial charge in [-0.05, 0) is 25.0 Å². The van der Waals surface area contributed by atoms with Gasteiger partial charge in [0.2, 0.25) is 5.91 Å². The summed E-state index contributed by atoms with van der Waals surface area (Å²) >= 11 is 0. The van der Waals surface area contributed by atoms with Crippen LogP contribution in [-0.2, 0) is 22.7 Å². The van der Waals surface area contributed by atoms with Gasteiger partial charge >= 0.3 is 0 Å². The summed E-state index contributed by atoms with van der Waals surface area (Å²) in [5, 5.41) is 2.84. The van der Waals surface area contributed by atoms with E-state index >= 15 is 0 Å². The van der Waals surface area contributed by atoms with Gasteiger partial charge in [-0.25, -0.2) is 0 Å². The number of hydrogen-bond donors (Lipinski definition) is 1. The highest BCUT2D eigenvalue weighted by Gasteiger charge is 1.99. The van der Waals surface area contributed by atoms with E-state index in [0.717, 1.165) is 16.7 Å². The van der Waals surface area contributed by atoms with Crippen LogP contribution in [0.3, 0.4) is 0 Å². The van der Waals surface area contributed by atoms with E-state index in [2.05, 4.69) is 5.32 Å². The van der Waals surface area contributed by atoms with Crippen molar-refractivity contribution in [3.63, 3.8) is 0 Å². The number of rotatable bonds is 5. The van der Waals surface area contributed by atoms with Crippen LogP contribution in [0.1, 0.15) is 25.0 Å². The first-order chi connectivity index (χ1) is 8.11. The highest BCUT2D eigenvalue weighted by Crippen LogP contribution is 2.06. The van der Waals surface area contributed by atoms with Crippen LogP contribution in [0.2, 0.25) is 0 Å². The zero-order valence-corrected chi connectivity index (χ0v) is 10.6. The number of nitrogens with one attached hydrogen (secondary N) is 1. The molecule has 0 bridgehead atoms. The summed E-state index contributed by atoms with van der Waals surface area (Å²) < 4.78 is 5.06. The van der Waals surface area contributed by atoms with Crippen molar-refractivity contribution in [3.05, 3.63) is 47.0 Å². The lowest BCUT2D eigenvalue weighted by atomic mass is 10.1. The van der Waals surface area contributed by atoms with Gasteiger partial charge in [0, 0.05) is 19.7 Å². The molecular weight excluding hydrogens is 214 g/mol. The van der Waals surface area contributed by atoms with Crippen molar-refractivity contribution in [1.29, 1.82) is 0 Å². The van der Waals surface area contributed by atoms with E-state index in [0.29, 0.717) is 13.2 Å². The van der Waals surface area contributed by atoms with E-state index in [1.807, 2.05) is 38.1 Å². The monoisotopic (exact) mass is 233 g/mol. The van der Waals surface area contributed by atoms with Gasteiger partial charge in [-0.3, -0.25) is 4.79 Å². The van der Waals surface area contributed by atoms with E-state index < -0.39 is 0 Å². The standard InChI is InChI=1S/C14H19NO2/c1-11(2)7-14(16)15-9-12-5-4-6-13(8-12)10-17-3/h4-8H,9-10H2,1-3H3,(H,15,16). The van der Waals surface area contributed by atoms with Crippen molar-refractivity contribution < 1.29 is 9.53 Å². The van der Waals surface area contributed by atoms with Crippen molar-refractivity contribution in [2.24, 2.45) is 0 Å². The maximum absolute atomic E-state index is 11.4. The molecule has 0 aliphatic heterocycles. The van der Waals surface area contributed by atoms with Gasteiger partial charge in [0.15, 0.2) is 0 Å². The Kier molecular flexibility index (Phi) is 5.43. The Hall–Kier alpha value is -1.61. The molecule has 0 heterocycles. The predicted molar refractivity (Wildman–Crippen MR) is 68.4 cm³/mol. The van der Waals surface area contributed by atoms with Crippen molar-refractivity contribution in [3.8, 4) is 0 Å². The number of ether oxygens (including phenoxy) is 1. The first kappa shape index (κ1) is 13.5. The minimum atomic E-state index is -0.0536. The number of carbonyl (C=O) groups is 1. The van der Waals surface area contributed by atoms with Crippen LogP contribution in [0.15, 0.2) is 35.9 Å². The lowest BCUT2D eigenvalue weighted by Crippen LogP contribution is -2.20. The van der Waals surface area contributed by atoms with E-state index in [4.69, 9.17) is 4.74 Å². The first-order valence-corrected chi connectivity index (χ1v) is 5.61. The number of methoxy groups -OCH3 is 1. The average Bonchev–Trinajstić information content (AvgIpc) is 2.26. The number of allylic oxidation sites excluding steroid dienone is 1. The summed E-state index contributed by atoms with van der Waals surface area (Å²) in [4.78, 5) is 11.4. The summed E-state index contributed by atoms with van der Waals surface area (Å²) in [6.45, 7) is 4.94. The second kappa shape index (κ2) is 6.86. The number of hydrogen-bond acceptors (Lipinski definition) is 2. The maximum Gasteiger partial charge on any atom is 0.244 e. The second-order valence-corrected chi connectivity index (χ2v) is 4.19. The van der Waals surface area contributed by atoms with Gasteiger partial charge in [0.1, 0.15) is 0 Å². The molecule has 3 nitrogen and oxygen atoms in total. The first-order valence-electron chi connectivity index (χ1n) is 5.61. The molecular formula is C14H19NO2. The van der Waals surface area contributed by atoms with E-state index in [1.165, 1.54) is 0 Å². The molecule has 1 rings (SSSR count). The lowest BCUT2D eigenvalue weighted by molar-refractivity contribution is -0.116. The van der Waals surface area contributed by atoms with Crippen LogP contribution >= 0.6 is 0 Å². The molecule has 1 aromatic rings. The summed E-state index contributed by atoms with van der Waals surface area (Å²) in [6, 6.07) is 8.00. The largest absolute Gasteiger partial charge is 0.380 e. The van der Waals surface area contributed by atoms with Crippen LogP contribution in [0, 0.1) is 0 Å². The Bertz CT molecular complexity index is 406. The molecule has 0 unspecified atom stereocenters. The van der Waals surface area contributed by atoms with E-state index in [-0.39, 0.29) is 5.91 Å². The molecule has 0 aromatic heterocycles. The maximum atomic E-state index is 11.4. The van der Waals surface area contributed by atoms with Gasteiger partial charge in [0.05, 0.1) is 6.61 Å². The highest BCUT2D eigenvalue weighted by atomic mass is 16.5. The number of benzene rings is 1. The third kappa shape index (κ3) is 5.31. The zero-order valence-electron chi connectivity index (χ0n) is 10.6. The Morgan fingerprint density at radius 3 is 2.71 bits per heavy atom. The van der Waals surface area contributed by atoms with Crippen LogP contribution in [0.5, 0.6) is 0 Å². The second-order valence-electron chi connectivity index (χ2n) is 4.19. The van der Waals surface area contributed by atoms with Crippen LogP contribution < -0.4 is 5.32 Å². The number of carbonyl (C=O) groups excluding carboxylic acids is 1. The molecule has 0 saturated carbocycles. The zero-order chi connectivity index (χ0) is 12.7. The van der Waals surface area contributed by atoms with E-state index in [9.17, 15) is 4.79 Å². The van der Waals surface area contributed by atoms with Crippen molar-refractivity contribution in [2.45, 2.75) is 27.0 Å². The summed E-state index contributed by atoms with van der Waals surface area (Å²) in [5.74, 6) is -0.0536.